The molecule has 6 heteroatoms. The molecular formula is C75H143NO5. The van der Waals surface area contributed by atoms with Gasteiger partial charge in [0, 0.05) is 12.8 Å². The van der Waals surface area contributed by atoms with Crippen LogP contribution in [-0.4, -0.2) is 47.4 Å². The summed E-state index contributed by atoms with van der Waals surface area (Å²) in [6, 6.07) is -0.629. The van der Waals surface area contributed by atoms with Crippen LogP contribution in [0.5, 0.6) is 0 Å². The SMILES string of the molecule is CCCCCCCC/C=C\CCCCCCCCCC(=O)OCCCCCCCCCCCCCC/C=C\CCCCCCCCCCCCCCC(=O)NC(CO)C(O)/C=C/CCCCCCCCCCCCCCCCCCC. The van der Waals surface area contributed by atoms with Crippen LogP contribution in [0, 0.1) is 0 Å². The van der Waals surface area contributed by atoms with Gasteiger partial charge in [0.1, 0.15) is 0 Å². The molecular weight excluding hydrogens is 995 g/mol. The number of ether oxygens (including phenoxy) is 1. The van der Waals surface area contributed by atoms with Crippen LogP contribution in [0.4, 0.5) is 0 Å². The molecule has 81 heavy (non-hydrogen) atoms. The Morgan fingerprint density at radius 3 is 0.877 bits per heavy atom. The quantitative estimate of drug-likeness (QED) is 0.0320. The van der Waals surface area contributed by atoms with Crippen LogP contribution in [0.15, 0.2) is 36.5 Å². The fourth-order valence-corrected chi connectivity index (χ4v) is 11.5. The lowest BCUT2D eigenvalue weighted by atomic mass is 10.0. The number of amides is 1. The van der Waals surface area contributed by atoms with E-state index in [1.807, 2.05) is 6.08 Å². The molecule has 0 aromatic rings. The minimum absolute atomic E-state index is 0.0127. The molecule has 0 aliphatic heterocycles. The number of esters is 1. The van der Waals surface area contributed by atoms with Gasteiger partial charge in [0.25, 0.3) is 0 Å². The molecule has 1 amide bonds. The summed E-state index contributed by atoms with van der Waals surface area (Å²) in [5.41, 5.74) is 0. The highest BCUT2D eigenvalue weighted by Crippen LogP contribution is 2.18. The number of rotatable bonds is 69. The first-order chi connectivity index (χ1) is 40.0. The van der Waals surface area contributed by atoms with Crippen molar-refractivity contribution in [3.8, 4) is 0 Å². The summed E-state index contributed by atoms with van der Waals surface area (Å²) in [6.45, 7) is 4.94. The van der Waals surface area contributed by atoms with E-state index in [0.29, 0.717) is 19.4 Å². The Labute approximate surface area is 506 Å². The van der Waals surface area contributed by atoms with E-state index in [1.54, 1.807) is 6.08 Å². The normalized spacial score (nSPS) is 12.7. The van der Waals surface area contributed by atoms with Crippen LogP contribution in [0.25, 0.3) is 0 Å². The Balaban J connectivity index is 3.39. The van der Waals surface area contributed by atoms with Crippen molar-refractivity contribution in [2.45, 2.75) is 418 Å². The summed E-state index contributed by atoms with van der Waals surface area (Å²) in [7, 11) is 0. The zero-order chi connectivity index (χ0) is 58.5. The van der Waals surface area contributed by atoms with Crippen LogP contribution in [0.1, 0.15) is 406 Å². The van der Waals surface area contributed by atoms with Gasteiger partial charge in [-0.15, -0.1) is 0 Å². The lowest BCUT2D eigenvalue weighted by Gasteiger charge is -2.20. The fourth-order valence-electron chi connectivity index (χ4n) is 11.5. The highest BCUT2D eigenvalue weighted by Gasteiger charge is 2.18. The van der Waals surface area contributed by atoms with Gasteiger partial charge in [-0.05, 0) is 83.5 Å². The van der Waals surface area contributed by atoms with Gasteiger partial charge >= 0.3 is 5.97 Å². The number of nitrogens with one attached hydrogen (secondary N) is 1. The molecule has 2 atom stereocenters. The standard InChI is InChI=1S/C75H143NO5/c1-3-5-7-9-11-13-15-17-19-21-32-36-39-43-47-51-55-59-63-67-73(78)72(71-77)76-74(79)68-64-60-56-52-48-44-40-37-33-30-28-26-24-22-23-25-27-29-31-34-38-42-46-50-54-58-62-66-70-81-75(80)69-65-61-57-53-49-45-41-35-20-18-16-14-12-10-8-6-4-2/h18,20,22-23,63,67,72-73,77-78H,3-17,19,21,24-62,64-66,68-71H2,1-2H3,(H,76,79)/b20-18-,23-22-,67-63+. The third-order valence-electron chi connectivity index (χ3n) is 17.1. The van der Waals surface area contributed by atoms with E-state index in [4.69, 9.17) is 4.74 Å². The first kappa shape index (κ1) is 79.1. The number of aliphatic hydroxyl groups is 2. The third kappa shape index (κ3) is 67.1. The molecule has 0 fully saturated rings. The molecule has 6 nitrogen and oxygen atoms in total. The Bertz CT molecular complexity index is 1310. The van der Waals surface area contributed by atoms with Crippen molar-refractivity contribution in [1.82, 2.24) is 5.32 Å². The number of unbranched alkanes of at least 4 members (excludes halogenated alkanes) is 54. The predicted octanol–water partition coefficient (Wildman–Crippen LogP) is 23.9. The zero-order valence-electron chi connectivity index (χ0n) is 54.8. The van der Waals surface area contributed by atoms with Gasteiger partial charge in [-0.1, -0.05) is 346 Å². The lowest BCUT2D eigenvalue weighted by molar-refractivity contribution is -0.143. The van der Waals surface area contributed by atoms with E-state index in [9.17, 15) is 19.8 Å². The first-order valence-corrected chi connectivity index (χ1v) is 36.8. The second-order valence-electron chi connectivity index (χ2n) is 25.3. The molecule has 0 saturated heterocycles. The van der Waals surface area contributed by atoms with Crippen LogP contribution in [0.2, 0.25) is 0 Å². The van der Waals surface area contributed by atoms with Gasteiger partial charge in [0.2, 0.25) is 5.91 Å². The van der Waals surface area contributed by atoms with Crippen molar-refractivity contribution in [2.24, 2.45) is 0 Å². The number of allylic oxidation sites excluding steroid dienone is 5. The number of hydrogen-bond acceptors (Lipinski definition) is 5. The maximum absolute atomic E-state index is 12.5. The molecule has 2 unspecified atom stereocenters. The molecule has 0 bridgehead atoms. The minimum atomic E-state index is -0.845. The van der Waals surface area contributed by atoms with Crippen LogP contribution in [-0.2, 0) is 14.3 Å². The molecule has 0 aromatic carbocycles. The predicted molar refractivity (Wildman–Crippen MR) is 356 cm³/mol. The molecule has 0 saturated carbocycles. The van der Waals surface area contributed by atoms with E-state index < -0.39 is 12.1 Å². The fraction of sp³-hybridized carbons (Fsp3) is 0.893. The molecule has 0 heterocycles. The summed E-state index contributed by atoms with van der Waals surface area (Å²) in [6.07, 6.45) is 90.9. The Morgan fingerprint density at radius 1 is 0.333 bits per heavy atom. The van der Waals surface area contributed by atoms with Gasteiger partial charge in [-0.2, -0.15) is 0 Å². The van der Waals surface area contributed by atoms with Gasteiger partial charge in [-0.3, -0.25) is 9.59 Å². The van der Waals surface area contributed by atoms with Crippen molar-refractivity contribution < 1.29 is 24.5 Å². The van der Waals surface area contributed by atoms with E-state index >= 15 is 0 Å². The highest BCUT2D eigenvalue weighted by atomic mass is 16.5. The largest absolute Gasteiger partial charge is 0.466 e. The van der Waals surface area contributed by atoms with E-state index in [-0.39, 0.29) is 18.5 Å². The number of hydrogen-bond donors (Lipinski definition) is 3. The smallest absolute Gasteiger partial charge is 0.305 e. The zero-order valence-corrected chi connectivity index (χ0v) is 54.8. The second kappa shape index (κ2) is 70.6. The summed E-state index contributed by atoms with van der Waals surface area (Å²) in [5, 5.41) is 23.2. The minimum Gasteiger partial charge on any atom is -0.466 e. The molecule has 0 rings (SSSR count). The summed E-state index contributed by atoms with van der Waals surface area (Å²) in [5.74, 6) is -0.0518. The number of carbonyl (C=O) groups excluding carboxylic acids is 2. The van der Waals surface area contributed by atoms with Crippen LogP contribution < -0.4 is 5.32 Å². The van der Waals surface area contributed by atoms with Crippen molar-refractivity contribution in [3.05, 3.63) is 36.5 Å². The molecule has 0 radical (unpaired) electrons. The summed E-state index contributed by atoms with van der Waals surface area (Å²) < 4.78 is 5.50. The molecule has 0 spiro atoms. The highest BCUT2D eigenvalue weighted by molar-refractivity contribution is 5.76. The van der Waals surface area contributed by atoms with Crippen molar-refractivity contribution in [1.29, 1.82) is 0 Å². The average Bonchev–Trinajstić information content (AvgIpc) is 3.47. The van der Waals surface area contributed by atoms with Crippen molar-refractivity contribution in [2.75, 3.05) is 13.2 Å². The lowest BCUT2D eigenvalue weighted by Crippen LogP contribution is -2.45. The molecule has 0 aromatic heterocycles. The first-order valence-electron chi connectivity index (χ1n) is 36.8. The van der Waals surface area contributed by atoms with E-state index in [0.717, 1.165) is 44.9 Å². The van der Waals surface area contributed by atoms with Crippen molar-refractivity contribution >= 4 is 11.9 Å². The topological polar surface area (TPSA) is 95.9 Å². The van der Waals surface area contributed by atoms with Gasteiger partial charge in [0.15, 0.2) is 0 Å². The van der Waals surface area contributed by atoms with E-state index in [1.165, 1.54) is 334 Å². The number of aliphatic hydroxyl groups excluding tert-OH is 2. The third-order valence-corrected chi connectivity index (χ3v) is 17.1. The van der Waals surface area contributed by atoms with Gasteiger partial charge < -0.3 is 20.3 Å². The van der Waals surface area contributed by atoms with Gasteiger partial charge in [-0.25, -0.2) is 0 Å². The maximum Gasteiger partial charge on any atom is 0.305 e. The Hall–Kier alpha value is -1.92. The van der Waals surface area contributed by atoms with E-state index in [2.05, 4.69) is 43.5 Å². The molecule has 478 valence electrons. The molecule has 0 aliphatic rings. The van der Waals surface area contributed by atoms with Crippen molar-refractivity contribution in [3.63, 3.8) is 0 Å². The van der Waals surface area contributed by atoms with Crippen LogP contribution >= 0.6 is 0 Å². The van der Waals surface area contributed by atoms with Gasteiger partial charge in [0.05, 0.1) is 25.4 Å². The average molecular weight is 1140 g/mol. The summed E-state index contributed by atoms with van der Waals surface area (Å²) in [4.78, 5) is 24.6. The second-order valence-corrected chi connectivity index (χ2v) is 25.3. The maximum atomic E-state index is 12.5. The molecule has 0 aliphatic carbocycles. The molecule has 3 N–H and O–H groups in total. The Morgan fingerprint density at radius 2 is 0.580 bits per heavy atom. The monoisotopic (exact) mass is 1140 g/mol. The summed E-state index contributed by atoms with van der Waals surface area (Å²) >= 11 is 0. The number of carbonyl (C=O) groups is 2. The van der Waals surface area contributed by atoms with Crippen LogP contribution in [0.3, 0.4) is 0 Å². The Kier molecular flexibility index (Phi) is 68.9.